The number of halogens is 2. The van der Waals surface area contributed by atoms with Crippen LogP contribution in [0, 0.1) is 0 Å². The topological polar surface area (TPSA) is 58.8 Å². The number of benzene rings is 1. The summed E-state index contributed by atoms with van der Waals surface area (Å²) in [5, 5.41) is 0. The maximum atomic E-state index is 12.5. The summed E-state index contributed by atoms with van der Waals surface area (Å²) in [6.45, 7) is 6.62. The molecule has 0 saturated carbocycles. The van der Waals surface area contributed by atoms with E-state index in [0.717, 1.165) is 45.6 Å². The summed E-state index contributed by atoms with van der Waals surface area (Å²) < 4.78 is 5.61. The Kier molecular flexibility index (Phi) is 8.30. The number of nitrogens with two attached hydrogens (primary N) is 1. The van der Waals surface area contributed by atoms with Gasteiger partial charge in [0.1, 0.15) is 0 Å². The van der Waals surface area contributed by atoms with Crippen molar-refractivity contribution in [3.8, 4) is 0 Å². The Morgan fingerprint density at radius 2 is 1.92 bits per heavy atom. The number of morpholine rings is 1. The molecule has 1 atom stereocenters. The third kappa shape index (κ3) is 4.99. The van der Waals surface area contributed by atoms with Gasteiger partial charge in [0.15, 0.2) is 0 Å². The number of hydrogen-bond acceptors (Lipinski definition) is 4. The normalized spacial score (nSPS) is 22.4. The van der Waals surface area contributed by atoms with Crippen LogP contribution in [0.5, 0.6) is 0 Å². The fourth-order valence-electron chi connectivity index (χ4n) is 3.47. The highest BCUT2D eigenvalue weighted by Crippen LogP contribution is 2.21. The van der Waals surface area contributed by atoms with Crippen LogP contribution in [0.3, 0.4) is 0 Å². The van der Waals surface area contributed by atoms with Crippen molar-refractivity contribution in [2.24, 2.45) is 0 Å². The van der Waals surface area contributed by atoms with Gasteiger partial charge in [0.25, 0.3) is 5.91 Å². The molecule has 0 aliphatic carbocycles. The maximum absolute atomic E-state index is 12.5. The standard InChI is InChI=1S/C17H25N3O2.2ClH/c1-13-12-20(9-10-22-13)16-5-7-19(8-6-16)17(21)14-3-2-4-15(18)11-14;;/h2-4,11,13,16H,5-10,12,18H2,1H3;2*1H. The molecule has 136 valence electrons. The van der Waals surface area contributed by atoms with Gasteiger partial charge in [-0.25, -0.2) is 0 Å². The van der Waals surface area contributed by atoms with Crippen LogP contribution < -0.4 is 5.73 Å². The molecule has 2 N–H and O–H groups in total. The first kappa shape index (κ1) is 21.0. The van der Waals surface area contributed by atoms with Crippen LogP contribution in [0.4, 0.5) is 5.69 Å². The van der Waals surface area contributed by atoms with Gasteiger partial charge >= 0.3 is 0 Å². The Labute approximate surface area is 156 Å². The highest BCUT2D eigenvalue weighted by Gasteiger charge is 2.29. The number of likely N-dealkylation sites (tertiary alicyclic amines) is 1. The lowest BCUT2D eigenvalue weighted by atomic mass is 10.0. The van der Waals surface area contributed by atoms with Gasteiger partial charge in [-0.2, -0.15) is 0 Å². The van der Waals surface area contributed by atoms with Crippen LogP contribution in [0.2, 0.25) is 0 Å². The van der Waals surface area contributed by atoms with Crippen molar-refractivity contribution in [2.45, 2.75) is 31.9 Å². The first-order valence-electron chi connectivity index (χ1n) is 8.14. The van der Waals surface area contributed by atoms with E-state index in [1.807, 2.05) is 23.1 Å². The van der Waals surface area contributed by atoms with Crippen molar-refractivity contribution in [2.75, 3.05) is 38.5 Å². The van der Waals surface area contributed by atoms with Crippen LogP contribution in [0.15, 0.2) is 24.3 Å². The molecule has 3 rings (SSSR count). The average molecular weight is 376 g/mol. The van der Waals surface area contributed by atoms with Gasteiger partial charge in [-0.05, 0) is 38.0 Å². The number of rotatable bonds is 2. The van der Waals surface area contributed by atoms with Crippen LogP contribution >= 0.6 is 24.8 Å². The molecule has 5 nitrogen and oxygen atoms in total. The van der Waals surface area contributed by atoms with Gasteiger partial charge in [-0.15, -0.1) is 24.8 Å². The Bertz CT molecular complexity index is 536. The van der Waals surface area contributed by atoms with Crippen LogP contribution in [0.1, 0.15) is 30.1 Å². The monoisotopic (exact) mass is 375 g/mol. The van der Waals surface area contributed by atoms with Crippen molar-refractivity contribution in [3.05, 3.63) is 29.8 Å². The third-order valence-corrected chi connectivity index (χ3v) is 4.67. The predicted molar refractivity (Wildman–Crippen MR) is 101 cm³/mol. The minimum atomic E-state index is 0. The van der Waals surface area contributed by atoms with Gasteiger partial charge in [-0.1, -0.05) is 6.07 Å². The van der Waals surface area contributed by atoms with E-state index in [-0.39, 0.29) is 30.7 Å². The molecule has 24 heavy (non-hydrogen) atoms. The van der Waals surface area contributed by atoms with E-state index in [1.54, 1.807) is 6.07 Å². The SMILES string of the molecule is CC1CN(C2CCN(C(=O)c3cccc(N)c3)CC2)CCO1.Cl.Cl. The van der Waals surface area contributed by atoms with Gasteiger partial charge in [0, 0.05) is 43.5 Å². The summed E-state index contributed by atoms with van der Waals surface area (Å²) in [5.41, 5.74) is 7.10. The van der Waals surface area contributed by atoms with Crippen molar-refractivity contribution in [3.63, 3.8) is 0 Å². The quantitative estimate of drug-likeness (QED) is 0.806. The molecule has 0 aromatic heterocycles. The Morgan fingerprint density at radius 1 is 1.21 bits per heavy atom. The van der Waals surface area contributed by atoms with Gasteiger partial charge in [0.2, 0.25) is 0 Å². The molecule has 1 aromatic rings. The smallest absolute Gasteiger partial charge is 0.253 e. The minimum Gasteiger partial charge on any atom is -0.399 e. The summed E-state index contributed by atoms with van der Waals surface area (Å²) in [6, 6.07) is 7.83. The first-order valence-corrected chi connectivity index (χ1v) is 8.14. The molecule has 0 bridgehead atoms. The van der Waals surface area contributed by atoms with Crippen molar-refractivity contribution < 1.29 is 9.53 Å². The van der Waals surface area contributed by atoms with E-state index >= 15 is 0 Å². The second kappa shape index (κ2) is 9.47. The molecule has 2 aliphatic rings. The molecular weight excluding hydrogens is 349 g/mol. The molecule has 1 amide bonds. The zero-order chi connectivity index (χ0) is 15.5. The first-order chi connectivity index (χ1) is 10.6. The fourth-order valence-corrected chi connectivity index (χ4v) is 3.47. The summed E-state index contributed by atoms with van der Waals surface area (Å²) >= 11 is 0. The summed E-state index contributed by atoms with van der Waals surface area (Å²) in [6.07, 6.45) is 2.40. The van der Waals surface area contributed by atoms with E-state index in [1.165, 1.54) is 0 Å². The fraction of sp³-hybridized carbons (Fsp3) is 0.588. The van der Waals surface area contributed by atoms with E-state index in [9.17, 15) is 4.79 Å². The average Bonchev–Trinajstić information content (AvgIpc) is 2.54. The second-order valence-corrected chi connectivity index (χ2v) is 6.33. The second-order valence-electron chi connectivity index (χ2n) is 6.33. The number of amides is 1. The van der Waals surface area contributed by atoms with E-state index in [4.69, 9.17) is 10.5 Å². The zero-order valence-corrected chi connectivity index (χ0v) is 15.7. The number of nitrogen functional groups attached to an aromatic ring is 1. The number of hydrogen-bond donors (Lipinski definition) is 1. The molecule has 0 radical (unpaired) electrons. The van der Waals surface area contributed by atoms with Crippen LogP contribution in [0.25, 0.3) is 0 Å². The highest BCUT2D eigenvalue weighted by molar-refractivity contribution is 5.95. The van der Waals surface area contributed by atoms with Crippen LogP contribution in [-0.4, -0.2) is 60.6 Å². The minimum absolute atomic E-state index is 0. The molecule has 1 aromatic carbocycles. The van der Waals surface area contributed by atoms with Crippen molar-refractivity contribution in [1.29, 1.82) is 0 Å². The van der Waals surface area contributed by atoms with Crippen molar-refractivity contribution >= 4 is 36.4 Å². The van der Waals surface area contributed by atoms with Gasteiger partial charge < -0.3 is 15.4 Å². The molecule has 2 aliphatic heterocycles. The number of anilines is 1. The lowest BCUT2D eigenvalue weighted by molar-refractivity contribution is -0.0423. The number of carbonyl (C=O) groups excluding carboxylic acids is 1. The number of nitrogens with zero attached hydrogens (tertiary/aromatic N) is 2. The maximum Gasteiger partial charge on any atom is 0.253 e. The Balaban J connectivity index is 0.00000144. The summed E-state index contributed by atoms with van der Waals surface area (Å²) in [4.78, 5) is 17.0. The summed E-state index contributed by atoms with van der Waals surface area (Å²) in [5.74, 6) is 0.0982. The molecular formula is C17H27Cl2N3O2. The lowest BCUT2D eigenvalue weighted by Crippen LogP contribution is -2.51. The summed E-state index contributed by atoms with van der Waals surface area (Å²) in [7, 11) is 0. The van der Waals surface area contributed by atoms with Gasteiger partial charge in [-0.3, -0.25) is 9.69 Å². The van der Waals surface area contributed by atoms with E-state index in [2.05, 4.69) is 11.8 Å². The third-order valence-electron chi connectivity index (χ3n) is 4.67. The Hall–Kier alpha value is -1.01. The Morgan fingerprint density at radius 3 is 2.54 bits per heavy atom. The van der Waals surface area contributed by atoms with Crippen LogP contribution in [-0.2, 0) is 4.74 Å². The number of ether oxygens (including phenoxy) is 1. The largest absolute Gasteiger partial charge is 0.399 e. The molecule has 2 fully saturated rings. The number of piperidine rings is 1. The van der Waals surface area contributed by atoms with E-state index in [0.29, 0.717) is 23.4 Å². The molecule has 2 saturated heterocycles. The lowest BCUT2D eigenvalue weighted by Gasteiger charge is -2.41. The molecule has 0 spiro atoms. The molecule has 1 unspecified atom stereocenters. The van der Waals surface area contributed by atoms with E-state index < -0.39 is 0 Å². The highest BCUT2D eigenvalue weighted by atomic mass is 35.5. The zero-order valence-electron chi connectivity index (χ0n) is 14.0. The predicted octanol–water partition coefficient (Wildman–Crippen LogP) is 2.44. The molecule has 2 heterocycles. The van der Waals surface area contributed by atoms with Gasteiger partial charge in [0.05, 0.1) is 12.7 Å². The number of carbonyl (C=O) groups is 1. The van der Waals surface area contributed by atoms with Crippen molar-refractivity contribution in [1.82, 2.24) is 9.80 Å². The molecule has 7 heteroatoms.